The third-order valence-corrected chi connectivity index (χ3v) is 4.76. The van der Waals surface area contributed by atoms with E-state index >= 15 is 0 Å². The number of rotatable bonds is 2. The number of nitrogens with one attached hydrogen (secondary N) is 1. The van der Waals surface area contributed by atoms with E-state index in [1.807, 2.05) is 6.92 Å². The second-order valence-corrected chi connectivity index (χ2v) is 6.52. The molecule has 6 N–H and O–H groups in total. The van der Waals surface area contributed by atoms with E-state index < -0.39 is 28.9 Å². The Kier molecular flexibility index (Phi) is 5.74. The van der Waals surface area contributed by atoms with Crippen LogP contribution in [-0.4, -0.2) is 60.7 Å². The Morgan fingerprint density at radius 3 is 2.56 bits per heavy atom. The van der Waals surface area contributed by atoms with Crippen molar-refractivity contribution in [2.45, 2.75) is 32.4 Å². The molecule has 0 aromatic heterocycles. The SMILES string of the molecule is C1COCC[NH2+]1.CCCC1C(C)(O)NC(=O)C12C(=O)N=C(N)C2=C=[N-]. The van der Waals surface area contributed by atoms with E-state index in [9.17, 15) is 20.1 Å². The number of quaternary nitrogens is 1. The van der Waals surface area contributed by atoms with Gasteiger partial charge in [-0.25, -0.2) is 0 Å². The van der Waals surface area contributed by atoms with Crippen molar-refractivity contribution >= 4 is 23.5 Å². The van der Waals surface area contributed by atoms with E-state index in [0.717, 1.165) is 26.3 Å². The lowest BCUT2D eigenvalue weighted by molar-refractivity contribution is -0.670. The first kappa shape index (κ1) is 19.3. The maximum absolute atomic E-state index is 12.2. The van der Waals surface area contributed by atoms with Crippen LogP contribution < -0.4 is 16.4 Å². The summed E-state index contributed by atoms with van der Waals surface area (Å²) in [6.07, 6.45) is 1.04. The van der Waals surface area contributed by atoms with Crippen LogP contribution in [0.15, 0.2) is 10.6 Å². The number of hydrogen-bond donors (Lipinski definition) is 4. The Balaban J connectivity index is 0.000000316. The number of nitrogens with zero attached hydrogens (tertiary/aromatic N) is 2. The molecule has 3 heterocycles. The molecular weight excluding hydrogens is 326 g/mol. The number of amidine groups is 1. The molecule has 1 spiro atoms. The summed E-state index contributed by atoms with van der Waals surface area (Å²) in [6.45, 7) is 7.47. The molecule has 9 heteroatoms. The number of amides is 2. The van der Waals surface area contributed by atoms with Crippen molar-refractivity contribution < 1.29 is 24.7 Å². The predicted molar refractivity (Wildman–Crippen MR) is 90.6 cm³/mol. The first-order chi connectivity index (χ1) is 11.8. The summed E-state index contributed by atoms with van der Waals surface area (Å²) in [5.74, 6) is -0.668. The molecule has 0 saturated carbocycles. The molecule has 0 aromatic rings. The van der Waals surface area contributed by atoms with Crippen LogP contribution in [0.25, 0.3) is 5.41 Å². The molecule has 138 valence electrons. The predicted octanol–water partition coefficient (Wildman–Crippen LogP) is -2.13. The minimum absolute atomic E-state index is 0.161. The summed E-state index contributed by atoms with van der Waals surface area (Å²) in [5.41, 5.74) is 2.06. The van der Waals surface area contributed by atoms with Gasteiger partial charge in [0.1, 0.15) is 11.6 Å². The van der Waals surface area contributed by atoms with Crippen molar-refractivity contribution in [1.29, 1.82) is 0 Å². The number of aliphatic imine (C=N–C) groups is 1. The first-order valence-electron chi connectivity index (χ1n) is 8.43. The largest absolute Gasteiger partial charge is 0.763 e. The summed E-state index contributed by atoms with van der Waals surface area (Å²) >= 11 is 0. The average molecular weight is 351 g/mol. The van der Waals surface area contributed by atoms with Crippen LogP contribution in [0.1, 0.15) is 26.7 Å². The number of morpholine rings is 1. The second kappa shape index (κ2) is 7.45. The summed E-state index contributed by atoms with van der Waals surface area (Å²) in [7, 11) is 0. The zero-order valence-corrected chi connectivity index (χ0v) is 14.5. The Morgan fingerprint density at radius 1 is 1.48 bits per heavy atom. The molecule has 2 saturated heterocycles. The van der Waals surface area contributed by atoms with Gasteiger partial charge in [0.05, 0.1) is 26.3 Å². The van der Waals surface area contributed by atoms with Crippen LogP contribution in [0, 0.1) is 11.3 Å². The molecule has 3 rings (SSSR count). The summed E-state index contributed by atoms with van der Waals surface area (Å²) in [6, 6.07) is 0. The van der Waals surface area contributed by atoms with Gasteiger partial charge in [0.15, 0.2) is 5.41 Å². The standard InChI is InChI=1S/C12H15N4O3.C4H9NO/c1-3-4-7-11(2,19)16-10(18)12(7)6(5-13)8(14)15-9(12)17;1-3-6-4-2-5-1/h7,19H,3-4H2,1-2H3,(H,16,18)(H2,14,15,17);5H,1-4H2/q-1;/p+1. The van der Waals surface area contributed by atoms with Crippen LogP contribution in [0.4, 0.5) is 0 Å². The van der Waals surface area contributed by atoms with Gasteiger partial charge in [-0.15, -0.1) is 0 Å². The number of ether oxygens (including phenoxy) is 1. The molecule has 3 atom stereocenters. The molecule has 2 amide bonds. The van der Waals surface area contributed by atoms with Crippen LogP contribution >= 0.6 is 0 Å². The molecule has 25 heavy (non-hydrogen) atoms. The van der Waals surface area contributed by atoms with E-state index in [1.165, 1.54) is 6.92 Å². The number of carbonyl (C=O) groups is 2. The minimum Gasteiger partial charge on any atom is -0.763 e. The summed E-state index contributed by atoms with van der Waals surface area (Å²) < 4.78 is 5.04. The molecule has 2 fully saturated rings. The zero-order valence-electron chi connectivity index (χ0n) is 14.5. The fourth-order valence-electron chi connectivity index (χ4n) is 3.60. The maximum Gasteiger partial charge on any atom is 0.269 e. The van der Waals surface area contributed by atoms with Crippen LogP contribution in [-0.2, 0) is 14.3 Å². The van der Waals surface area contributed by atoms with Crippen molar-refractivity contribution in [3.8, 4) is 0 Å². The maximum atomic E-state index is 12.2. The fourth-order valence-corrected chi connectivity index (χ4v) is 3.60. The van der Waals surface area contributed by atoms with E-state index in [4.69, 9.17) is 10.5 Å². The highest BCUT2D eigenvalue weighted by molar-refractivity contribution is 6.29. The van der Waals surface area contributed by atoms with Crippen molar-refractivity contribution in [3.05, 3.63) is 11.0 Å². The second-order valence-electron chi connectivity index (χ2n) is 6.52. The highest BCUT2D eigenvalue weighted by atomic mass is 16.5. The lowest BCUT2D eigenvalue weighted by atomic mass is 9.68. The number of aliphatic hydroxyl groups is 1. The first-order valence-corrected chi connectivity index (χ1v) is 8.43. The van der Waals surface area contributed by atoms with Crippen LogP contribution in [0.3, 0.4) is 0 Å². The van der Waals surface area contributed by atoms with Gasteiger partial charge in [-0.1, -0.05) is 13.3 Å². The van der Waals surface area contributed by atoms with Gasteiger partial charge in [0, 0.05) is 11.5 Å². The lowest BCUT2D eigenvalue weighted by Crippen LogP contribution is -2.87. The van der Waals surface area contributed by atoms with Crippen LogP contribution in [0.2, 0.25) is 0 Å². The monoisotopic (exact) mass is 351 g/mol. The molecule has 3 unspecified atom stereocenters. The van der Waals surface area contributed by atoms with Crippen molar-refractivity contribution in [3.63, 3.8) is 0 Å². The number of hydrogen-bond acceptors (Lipinski definition) is 5. The summed E-state index contributed by atoms with van der Waals surface area (Å²) in [4.78, 5) is 27.9. The third-order valence-electron chi connectivity index (χ3n) is 4.76. The van der Waals surface area contributed by atoms with E-state index in [0.29, 0.717) is 12.8 Å². The Labute approximate surface area is 146 Å². The third kappa shape index (κ3) is 3.23. The van der Waals surface area contributed by atoms with E-state index in [2.05, 4.69) is 15.6 Å². The highest BCUT2D eigenvalue weighted by Crippen LogP contribution is 2.51. The van der Waals surface area contributed by atoms with E-state index in [-0.39, 0.29) is 11.4 Å². The molecule has 0 aliphatic carbocycles. The average Bonchev–Trinajstić information content (AvgIpc) is 2.95. The van der Waals surface area contributed by atoms with Gasteiger partial charge in [-0.3, -0.25) is 15.5 Å². The van der Waals surface area contributed by atoms with Crippen LogP contribution in [0.5, 0.6) is 0 Å². The topological polar surface area (TPSA) is 153 Å². The number of carbonyl (C=O) groups excluding carboxylic acids is 2. The smallest absolute Gasteiger partial charge is 0.269 e. The molecule has 9 nitrogen and oxygen atoms in total. The number of nitrogens with two attached hydrogens (primary N) is 2. The summed E-state index contributed by atoms with van der Waals surface area (Å²) in [5, 5.41) is 24.1. The molecule has 0 bridgehead atoms. The molecule has 0 radical (unpaired) electrons. The molecule has 3 aliphatic heterocycles. The van der Waals surface area contributed by atoms with Gasteiger partial charge in [0.25, 0.3) is 5.91 Å². The minimum atomic E-state index is -1.77. The quantitative estimate of drug-likeness (QED) is 0.331. The molecule has 3 aliphatic rings. The van der Waals surface area contributed by atoms with Gasteiger partial charge >= 0.3 is 0 Å². The van der Waals surface area contributed by atoms with Gasteiger partial charge in [-0.2, -0.15) is 4.99 Å². The van der Waals surface area contributed by atoms with Crippen molar-refractivity contribution in [2.75, 3.05) is 26.3 Å². The Bertz CT molecular complexity index is 623. The molecular formula is C16H25N5O4. The molecule has 0 aromatic carbocycles. The van der Waals surface area contributed by atoms with Crippen molar-refractivity contribution in [1.82, 2.24) is 5.32 Å². The zero-order chi connectivity index (χ0) is 18.7. The Morgan fingerprint density at radius 2 is 2.12 bits per heavy atom. The Hall–Kier alpha value is -2.06. The van der Waals surface area contributed by atoms with Gasteiger partial charge < -0.3 is 31.6 Å². The highest BCUT2D eigenvalue weighted by Gasteiger charge is 2.68. The van der Waals surface area contributed by atoms with Gasteiger partial charge in [0.2, 0.25) is 5.91 Å². The lowest BCUT2D eigenvalue weighted by Gasteiger charge is -2.32. The fraction of sp³-hybridized carbons (Fsp3) is 0.688. The normalized spacial score (nSPS) is 34.3. The van der Waals surface area contributed by atoms with Crippen molar-refractivity contribution in [2.24, 2.45) is 22.1 Å². The van der Waals surface area contributed by atoms with E-state index in [1.54, 1.807) is 5.87 Å². The van der Waals surface area contributed by atoms with Gasteiger partial charge in [-0.05, 0) is 13.3 Å².